The van der Waals surface area contributed by atoms with Crippen LogP contribution in [0.25, 0.3) is 16.6 Å². The van der Waals surface area contributed by atoms with Gasteiger partial charge in [0.1, 0.15) is 0 Å². The Bertz CT molecular complexity index is 663. The number of aromatic nitrogens is 1. The summed E-state index contributed by atoms with van der Waals surface area (Å²) < 4.78 is 2.26. The first-order chi connectivity index (χ1) is 8.29. The molecule has 0 aliphatic carbocycles. The van der Waals surface area contributed by atoms with Gasteiger partial charge in [-0.05, 0) is 37.1 Å². The molecule has 2 heterocycles. The summed E-state index contributed by atoms with van der Waals surface area (Å²) in [7, 11) is 0. The summed E-state index contributed by atoms with van der Waals surface area (Å²) in [6.07, 6.45) is 2.13. The molecule has 0 spiro atoms. The van der Waals surface area contributed by atoms with Gasteiger partial charge in [0.2, 0.25) is 0 Å². The number of benzene rings is 1. The van der Waals surface area contributed by atoms with Crippen molar-refractivity contribution >= 4 is 5.52 Å². The van der Waals surface area contributed by atoms with Crippen molar-refractivity contribution in [3.63, 3.8) is 0 Å². The zero-order valence-corrected chi connectivity index (χ0v) is 10.1. The molecule has 0 amide bonds. The second-order valence-corrected chi connectivity index (χ2v) is 4.41. The monoisotopic (exact) mass is 221 g/mol. The van der Waals surface area contributed by atoms with Crippen LogP contribution in [0.2, 0.25) is 0 Å². The molecule has 17 heavy (non-hydrogen) atoms. The summed E-state index contributed by atoms with van der Waals surface area (Å²) in [4.78, 5) is 0. The fourth-order valence-corrected chi connectivity index (χ4v) is 2.46. The normalized spacial score (nSPS) is 10.9. The van der Waals surface area contributed by atoms with E-state index < -0.39 is 0 Å². The Morgan fingerprint density at radius 3 is 2.29 bits per heavy atom. The smallest absolute Gasteiger partial charge is 0.0533 e. The molecule has 2 aromatic heterocycles. The zero-order chi connectivity index (χ0) is 11.8. The Morgan fingerprint density at radius 2 is 1.53 bits per heavy atom. The maximum atomic E-state index is 2.26. The predicted octanol–water partition coefficient (Wildman–Crippen LogP) is 4.22. The molecular formula is C16H15N. The molecule has 0 fully saturated rings. The van der Waals surface area contributed by atoms with Crippen LogP contribution < -0.4 is 0 Å². The molecular weight excluding hydrogens is 206 g/mol. The van der Waals surface area contributed by atoms with Crippen LogP contribution in [0.1, 0.15) is 11.3 Å². The van der Waals surface area contributed by atoms with E-state index in [1.54, 1.807) is 0 Å². The summed E-state index contributed by atoms with van der Waals surface area (Å²) in [5, 5.41) is 0. The van der Waals surface area contributed by atoms with E-state index in [1.165, 1.54) is 27.9 Å². The number of fused-ring (bicyclic) bond motifs is 1. The van der Waals surface area contributed by atoms with Crippen molar-refractivity contribution in [2.75, 3.05) is 0 Å². The third-order valence-corrected chi connectivity index (χ3v) is 3.46. The van der Waals surface area contributed by atoms with E-state index in [-0.39, 0.29) is 0 Å². The number of hydrogen-bond acceptors (Lipinski definition) is 0. The topological polar surface area (TPSA) is 4.41 Å². The van der Waals surface area contributed by atoms with Crippen molar-refractivity contribution in [3.05, 3.63) is 66.0 Å². The highest BCUT2D eigenvalue weighted by molar-refractivity contribution is 5.85. The molecule has 3 rings (SSSR count). The Morgan fingerprint density at radius 1 is 0.824 bits per heavy atom. The van der Waals surface area contributed by atoms with Gasteiger partial charge in [-0.2, -0.15) is 0 Å². The van der Waals surface area contributed by atoms with Crippen molar-refractivity contribution in [1.82, 2.24) is 4.40 Å². The highest BCUT2D eigenvalue weighted by Crippen LogP contribution is 2.32. The molecule has 1 nitrogen and oxygen atoms in total. The molecule has 0 N–H and O–H groups in total. The zero-order valence-electron chi connectivity index (χ0n) is 10.1. The van der Waals surface area contributed by atoms with Crippen LogP contribution >= 0.6 is 0 Å². The number of aryl methyl sites for hydroxylation is 1. The average molecular weight is 221 g/mol. The summed E-state index contributed by atoms with van der Waals surface area (Å²) in [5.41, 5.74) is 6.61. The van der Waals surface area contributed by atoms with E-state index in [4.69, 9.17) is 0 Å². The standard InChI is InChI=1S/C16H15N/c1-12-13(2)17-11-7-6-10-15(17)16(12)14-8-4-3-5-9-14/h3-11H,1-2H3. The maximum Gasteiger partial charge on any atom is 0.0533 e. The van der Waals surface area contributed by atoms with Crippen LogP contribution in [0.4, 0.5) is 0 Å². The van der Waals surface area contributed by atoms with Crippen LogP contribution in [0.15, 0.2) is 54.7 Å². The lowest BCUT2D eigenvalue weighted by Gasteiger charge is -2.01. The van der Waals surface area contributed by atoms with E-state index in [0.29, 0.717) is 0 Å². The van der Waals surface area contributed by atoms with Crippen molar-refractivity contribution in [1.29, 1.82) is 0 Å². The molecule has 0 bridgehead atoms. The third kappa shape index (κ3) is 1.47. The van der Waals surface area contributed by atoms with Crippen LogP contribution in [0, 0.1) is 13.8 Å². The Labute approximate surface area is 101 Å². The van der Waals surface area contributed by atoms with Crippen LogP contribution in [0.3, 0.4) is 0 Å². The summed E-state index contributed by atoms with van der Waals surface area (Å²) >= 11 is 0. The SMILES string of the molecule is Cc1c(-c2ccccc2)c2ccccn2c1C. The molecule has 1 aromatic carbocycles. The van der Waals surface area contributed by atoms with Gasteiger partial charge in [0.15, 0.2) is 0 Å². The second kappa shape index (κ2) is 3.77. The van der Waals surface area contributed by atoms with E-state index in [0.717, 1.165) is 0 Å². The van der Waals surface area contributed by atoms with Crippen LogP contribution in [0.5, 0.6) is 0 Å². The first-order valence-electron chi connectivity index (χ1n) is 5.90. The van der Waals surface area contributed by atoms with E-state index in [9.17, 15) is 0 Å². The lowest BCUT2D eigenvalue weighted by molar-refractivity contribution is 1.09. The van der Waals surface area contributed by atoms with E-state index in [2.05, 4.69) is 73.0 Å². The van der Waals surface area contributed by atoms with Crippen molar-refractivity contribution in [2.45, 2.75) is 13.8 Å². The number of rotatable bonds is 1. The Kier molecular flexibility index (Phi) is 2.25. The summed E-state index contributed by atoms with van der Waals surface area (Å²) in [6, 6.07) is 17.0. The second-order valence-electron chi connectivity index (χ2n) is 4.41. The van der Waals surface area contributed by atoms with Gasteiger partial charge in [0.05, 0.1) is 5.52 Å². The first kappa shape index (κ1) is 10.2. The third-order valence-electron chi connectivity index (χ3n) is 3.46. The minimum absolute atomic E-state index is 1.29. The molecule has 84 valence electrons. The molecule has 0 aliphatic heterocycles. The number of pyridine rings is 1. The molecule has 0 saturated carbocycles. The van der Waals surface area contributed by atoms with Gasteiger partial charge in [-0.1, -0.05) is 36.4 Å². The van der Waals surface area contributed by atoms with Gasteiger partial charge in [-0.25, -0.2) is 0 Å². The van der Waals surface area contributed by atoms with E-state index in [1.807, 2.05) is 0 Å². The minimum atomic E-state index is 1.29. The van der Waals surface area contributed by atoms with Crippen molar-refractivity contribution in [2.24, 2.45) is 0 Å². The lowest BCUT2D eigenvalue weighted by Crippen LogP contribution is -1.84. The molecule has 3 aromatic rings. The highest BCUT2D eigenvalue weighted by Gasteiger charge is 2.12. The summed E-state index contributed by atoms with van der Waals surface area (Å²) in [6.45, 7) is 4.37. The largest absolute Gasteiger partial charge is 0.320 e. The Balaban J connectivity index is 2.41. The number of nitrogens with zero attached hydrogens (tertiary/aromatic N) is 1. The van der Waals surface area contributed by atoms with Gasteiger partial charge in [-0.15, -0.1) is 0 Å². The van der Waals surface area contributed by atoms with Gasteiger partial charge in [-0.3, -0.25) is 0 Å². The number of hydrogen-bond donors (Lipinski definition) is 0. The molecule has 0 radical (unpaired) electrons. The summed E-state index contributed by atoms with van der Waals surface area (Å²) in [5.74, 6) is 0. The van der Waals surface area contributed by atoms with Gasteiger partial charge in [0.25, 0.3) is 0 Å². The Hall–Kier alpha value is -2.02. The fraction of sp³-hybridized carbons (Fsp3) is 0.125. The maximum absolute atomic E-state index is 2.26. The van der Waals surface area contributed by atoms with Gasteiger partial charge < -0.3 is 4.40 Å². The van der Waals surface area contributed by atoms with Crippen LogP contribution in [-0.2, 0) is 0 Å². The average Bonchev–Trinajstić information content (AvgIpc) is 2.64. The first-order valence-corrected chi connectivity index (χ1v) is 5.90. The van der Waals surface area contributed by atoms with Gasteiger partial charge >= 0.3 is 0 Å². The molecule has 0 saturated heterocycles. The molecule has 1 heteroatoms. The van der Waals surface area contributed by atoms with Crippen LogP contribution in [-0.4, -0.2) is 4.40 Å². The molecule has 0 unspecified atom stereocenters. The minimum Gasteiger partial charge on any atom is -0.320 e. The van der Waals surface area contributed by atoms with Crippen molar-refractivity contribution in [3.8, 4) is 11.1 Å². The predicted molar refractivity (Wildman–Crippen MR) is 72.3 cm³/mol. The highest BCUT2D eigenvalue weighted by atomic mass is 14.9. The van der Waals surface area contributed by atoms with Crippen molar-refractivity contribution < 1.29 is 0 Å². The van der Waals surface area contributed by atoms with E-state index >= 15 is 0 Å². The molecule has 0 atom stereocenters. The van der Waals surface area contributed by atoms with Gasteiger partial charge in [0, 0.05) is 17.5 Å². The fourth-order valence-electron chi connectivity index (χ4n) is 2.46. The molecule has 0 aliphatic rings. The quantitative estimate of drug-likeness (QED) is 0.579. The lowest BCUT2D eigenvalue weighted by atomic mass is 10.0.